The van der Waals surface area contributed by atoms with Crippen LogP contribution in [0.25, 0.3) is 5.69 Å². The number of esters is 2. The Hall–Kier alpha value is -4.27. The van der Waals surface area contributed by atoms with Crippen LogP contribution < -0.4 is 14.2 Å². The van der Waals surface area contributed by atoms with Crippen molar-refractivity contribution in [2.75, 3.05) is 35.0 Å². The van der Waals surface area contributed by atoms with Gasteiger partial charge < -0.3 is 28.3 Å². The molecule has 0 fully saturated rings. The zero-order valence-corrected chi connectivity index (χ0v) is 20.5. The van der Waals surface area contributed by atoms with E-state index in [1.807, 2.05) is 11.5 Å². The molecule has 0 radical (unpaired) electrons. The van der Waals surface area contributed by atoms with Crippen molar-refractivity contribution in [3.63, 3.8) is 0 Å². The maximum absolute atomic E-state index is 12.9. The Balaban J connectivity index is 1.79. The van der Waals surface area contributed by atoms with Crippen LogP contribution in [0.1, 0.15) is 42.5 Å². The van der Waals surface area contributed by atoms with Crippen molar-refractivity contribution in [1.29, 1.82) is 0 Å². The van der Waals surface area contributed by atoms with Gasteiger partial charge in [-0.15, -0.1) is 0 Å². The molecule has 0 amide bonds. The molecule has 0 aliphatic heterocycles. The summed E-state index contributed by atoms with van der Waals surface area (Å²) in [4.78, 5) is 37.3. The third kappa shape index (κ3) is 5.13. The first-order valence-corrected chi connectivity index (χ1v) is 10.6. The molecule has 9 heteroatoms. The second-order valence-electron chi connectivity index (χ2n) is 7.57. The third-order valence-electron chi connectivity index (χ3n) is 5.54. The average molecular weight is 482 g/mol. The van der Waals surface area contributed by atoms with E-state index in [0.29, 0.717) is 28.3 Å². The smallest absolute Gasteiger partial charge is 0.342 e. The molecular formula is C26H27NO8. The summed E-state index contributed by atoms with van der Waals surface area (Å²) in [5.74, 6) is -0.570. The number of aryl methyl sites for hydroxylation is 1. The summed E-state index contributed by atoms with van der Waals surface area (Å²) in [5.41, 5.74) is 3.22. The molecule has 3 rings (SSSR count). The Labute approximate surface area is 203 Å². The number of hydrogen-bond donors (Lipinski definition) is 0. The standard InChI is InChI=1S/C26H27NO8/c1-15-11-19(16(2)27(15)18-9-7-17(8-10-18)25(29)34-6)21(28)14-35-26(30)20-12-23(32-4)24(33-5)13-22(20)31-3/h7-13H,14H2,1-6H3. The van der Waals surface area contributed by atoms with Gasteiger partial charge in [-0.25, -0.2) is 9.59 Å². The molecular weight excluding hydrogens is 454 g/mol. The lowest BCUT2D eigenvalue weighted by Crippen LogP contribution is -2.16. The van der Waals surface area contributed by atoms with Gasteiger partial charge in [0.2, 0.25) is 5.78 Å². The van der Waals surface area contributed by atoms with Gasteiger partial charge in [0.25, 0.3) is 0 Å². The molecule has 1 heterocycles. The number of rotatable bonds is 9. The second kappa shape index (κ2) is 10.8. The summed E-state index contributed by atoms with van der Waals surface area (Å²) >= 11 is 0. The first-order valence-electron chi connectivity index (χ1n) is 10.6. The highest BCUT2D eigenvalue weighted by Gasteiger charge is 2.22. The maximum atomic E-state index is 12.9. The van der Waals surface area contributed by atoms with Gasteiger partial charge in [0.1, 0.15) is 11.3 Å². The van der Waals surface area contributed by atoms with Crippen LogP contribution in [0.4, 0.5) is 0 Å². The van der Waals surface area contributed by atoms with Crippen molar-refractivity contribution >= 4 is 17.7 Å². The lowest BCUT2D eigenvalue weighted by molar-refractivity contribution is 0.0470. The van der Waals surface area contributed by atoms with Crippen molar-refractivity contribution in [3.8, 4) is 22.9 Å². The first kappa shape index (κ1) is 25.4. The molecule has 0 aliphatic carbocycles. The zero-order chi connectivity index (χ0) is 25.7. The molecule has 2 aromatic carbocycles. The number of aromatic nitrogens is 1. The SMILES string of the molecule is COC(=O)c1ccc(-n2c(C)cc(C(=O)COC(=O)c3cc(OC)c(OC)cc3OC)c2C)cc1. The summed E-state index contributed by atoms with van der Waals surface area (Å²) in [6.07, 6.45) is 0. The summed E-state index contributed by atoms with van der Waals surface area (Å²) in [7, 11) is 5.65. The average Bonchev–Trinajstić information content (AvgIpc) is 3.19. The van der Waals surface area contributed by atoms with Gasteiger partial charge in [-0.1, -0.05) is 0 Å². The van der Waals surface area contributed by atoms with E-state index in [9.17, 15) is 14.4 Å². The van der Waals surface area contributed by atoms with Crippen LogP contribution in [-0.4, -0.2) is 57.3 Å². The normalized spacial score (nSPS) is 10.5. The molecule has 0 saturated heterocycles. The molecule has 1 aromatic heterocycles. The number of carbonyl (C=O) groups excluding carboxylic acids is 3. The van der Waals surface area contributed by atoms with E-state index in [1.54, 1.807) is 37.3 Å². The van der Waals surface area contributed by atoms with Gasteiger partial charge in [0, 0.05) is 34.8 Å². The number of ether oxygens (including phenoxy) is 5. The minimum absolute atomic E-state index is 0.106. The van der Waals surface area contributed by atoms with Gasteiger partial charge in [-0.2, -0.15) is 0 Å². The molecule has 9 nitrogen and oxygen atoms in total. The number of ketones is 1. The molecule has 0 atom stereocenters. The van der Waals surface area contributed by atoms with Crippen LogP contribution in [0.5, 0.6) is 17.2 Å². The Morgan fingerprint density at radius 2 is 1.34 bits per heavy atom. The maximum Gasteiger partial charge on any atom is 0.342 e. The van der Waals surface area contributed by atoms with E-state index < -0.39 is 18.5 Å². The summed E-state index contributed by atoms with van der Waals surface area (Å²) in [6, 6.07) is 11.5. The van der Waals surface area contributed by atoms with E-state index in [0.717, 1.165) is 11.4 Å². The van der Waals surface area contributed by atoms with E-state index in [-0.39, 0.29) is 17.1 Å². The summed E-state index contributed by atoms with van der Waals surface area (Å²) in [5, 5.41) is 0. The Bertz CT molecular complexity index is 1260. The Kier molecular flexibility index (Phi) is 7.80. The summed E-state index contributed by atoms with van der Waals surface area (Å²) in [6.45, 7) is 3.20. The van der Waals surface area contributed by atoms with Crippen LogP contribution in [0.3, 0.4) is 0 Å². The van der Waals surface area contributed by atoms with E-state index in [2.05, 4.69) is 0 Å². The van der Waals surface area contributed by atoms with Crippen LogP contribution >= 0.6 is 0 Å². The van der Waals surface area contributed by atoms with Crippen molar-refractivity contribution in [2.24, 2.45) is 0 Å². The van der Waals surface area contributed by atoms with Crippen molar-refractivity contribution < 1.29 is 38.1 Å². The number of nitrogens with zero attached hydrogens (tertiary/aromatic N) is 1. The highest BCUT2D eigenvalue weighted by molar-refractivity contribution is 6.01. The fourth-order valence-corrected chi connectivity index (χ4v) is 3.78. The highest BCUT2D eigenvalue weighted by atomic mass is 16.5. The minimum atomic E-state index is -0.733. The number of benzene rings is 2. The highest BCUT2D eigenvalue weighted by Crippen LogP contribution is 2.35. The fraction of sp³-hybridized carbons (Fsp3) is 0.269. The lowest BCUT2D eigenvalue weighted by Gasteiger charge is -2.13. The van der Waals surface area contributed by atoms with E-state index in [1.165, 1.54) is 40.6 Å². The van der Waals surface area contributed by atoms with Gasteiger partial charge in [-0.3, -0.25) is 4.79 Å². The zero-order valence-electron chi connectivity index (χ0n) is 20.5. The first-order chi connectivity index (χ1) is 16.7. The third-order valence-corrected chi connectivity index (χ3v) is 5.54. The van der Waals surface area contributed by atoms with Crippen molar-refractivity contribution in [1.82, 2.24) is 4.57 Å². The van der Waals surface area contributed by atoms with Gasteiger partial charge in [-0.05, 0) is 44.2 Å². The second-order valence-corrected chi connectivity index (χ2v) is 7.57. The quantitative estimate of drug-likeness (QED) is 0.334. The van der Waals surface area contributed by atoms with E-state index >= 15 is 0 Å². The van der Waals surface area contributed by atoms with Gasteiger partial charge in [0.05, 0.1) is 34.0 Å². The van der Waals surface area contributed by atoms with Gasteiger partial charge >= 0.3 is 11.9 Å². The van der Waals surface area contributed by atoms with Crippen LogP contribution in [-0.2, 0) is 9.47 Å². The molecule has 0 unspecified atom stereocenters. The number of Topliss-reactive ketones (excluding diaryl/α,β-unsaturated/α-hetero) is 1. The Morgan fingerprint density at radius 1 is 0.743 bits per heavy atom. The van der Waals surface area contributed by atoms with Crippen LogP contribution in [0, 0.1) is 13.8 Å². The number of carbonyl (C=O) groups is 3. The Morgan fingerprint density at radius 3 is 1.91 bits per heavy atom. The van der Waals surface area contributed by atoms with Gasteiger partial charge in [0.15, 0.2) is 18.1 Å². The van der Waals surface area contributed by atoms with Crippen molar-refractivity contribution in [3.05, 3.63) is 70.5 Å². The molecule has 0 spiro atoms. The van der Waals surface area contributed by atoms with E-state index in [4.69, 9.17) is 23.7 Å². The number of methoxy groups -OCH3 is 4. The molecule has 184 valence electrons. The molecule has 3 aromatic rings. The topological polar surface area (TPSA) is 102 Å². The predicted molar refractivity (Wildman–Crippen MR) is 127 cm³/mol. The van der Waals surface area contributed by atoms with Crippen LogP contribution in [0.2, 0.25) is 0 Å². The molecule has 0 saturated carbocycles. The molecule has 35 heavy (non-hydrogen) atoms. The monoisotopic (exact) mass is 481 g/mol. The van der Waals surface area contributed by atoms with Crippen molar-refractivity contribution in [2.45, 2.75) is 13.8 Å². The number of hydrogen-bond acceptors (Lipinski definition) is 8. The lowest BCUT2D eigenvalue weighted by atomic mass is 10.1. The summed E-state index contributed by atoms with van der Waals surface area (Å²) < 4.78 is 27.6. The molecule has 0 N–H and O–H groups in total. The minimum Gasteiger partial charge on any atom is -0.496 e. The fourth-order valence-electron chi connectivity index (χ4n) is 3.78. The molecule has 0 aliphatic rings. The largest absolute Gasteiger partial charge is 0.496 e. The van der Waals surface area contributed by atoms with Crippen LogP contribution in [0.15, 0.2) is 42.5 Å². The molecule has 0 bridgehead atoms. The predicted octanol–water partition coefficient (Wildman–Crippen LogP) is 3.95.